The number of aliphatic hydroxyl groups is 1. The van der Waals surface area contributed by atoms with Gasteiger partial charge in [0, 0.05) is 5.92 Å². The molecule has 1 N–H and O–H groups in total. The van der Waals surface area contributed by atoms with Crippen LogP contribution in [-0.4, -0.2) is 11.2 Å². The molecule has 0 aromatic heterocycles. The van der Waals surface area contributed by atoms with Crippen LogP contribution in [0.25, 0.3) is 0 Å². The third-order valence-electron chi connectivity index (χ3n) is 3.08. The zero-order valence-electron chi connectivity index (χ0n) is 9.86. The van der Waals surface area contributed by atoms with Crippen LogP contribution in [0.1, 0.15) is 51.9 Å². The summed E-state index contributed by atoms with van der Waals surface area (Å²) in [6.07, 6.45) is 16.8. The Morgan fingerprint density at radius 3 is 2.27 bits per heavy atom. The quantitative estimate of drug-likeness (QED) is 0.601. The Bertz CT molecular complexity index is 193. The monoisotopic (exact) mass is 208 g/mol. The third kappa shape index (κ3) is 5.17. The maximum absolute atomic E-state index is 9.85. The predicted molar refractivity (Wildman–Crippen MR) is 65.8 cm³/mol. The molecule has 1 atom stereocenters. The van der Waals surface area contributed by atoms with Crippen molar-refractivity contribution in [2.24, 2.45) is 5.92 Å². The van der Waals surface area contributed by atoms with Gasteiger partial charge in [-0.25, -0.2) is 0 Å². The van der Waals surface area contributed by atoms with Crippen molar-refractivity contribution in [3.8, 4) is 0 Å². The molecule has 0 amide bonds. The predicted octanol–water partition coefficient (Wildman–Crippen LogP) is 3.84. The summed E-state index contributed by atoms with van der Waals surface area (Å²) in [6, 6.07) is 0. The number of unbranched alkanes of at least 4 members (excludes halogenated alkanes) is 5. The zero-order valence-corrected chi connectivity index (χ0v) is 9.86. The van der Waals surface area contributed by atoms with E-state index in [0.29, 0.717) is 0 Å². The van der Waals surface area contributed by atoms with Crippen molar-refractivity contribution >= 4 is 0 Å². The molecule has 0 fully saturated rings. The van der Waals surface area contributed by atoms with Gasteiger partial charge in [0.25, 0.3) is 0 Å². The summed E-state index contributed by atoms with van der Waals surface area (Å²) in [5.41, 5.74) is 0. The van der Waals surface area contributed by atoms with Crippen molar-refractivity contribution in [1.29, 1.82) is 0 Å². The highest BCUT2D eigenvalue weighted by Crippen LogP contribution is 2.18. The highest BCUT2D eigenvalue weighted by atomic mass is 16.3. The zero-order chi connectivity index (χ0) is 10.9. The van der Waals surface area contributed by atoms with Crippen molar-refractivity contribution in [2.45, 2.75) is 58.0 Å². The fraction of sp³-hybridized carbons (Fsp3) is 0.714. The van der Waals surface area contributed by atoms with Crippen molar-refractivity contribution in [1.82, 2.24) is 0 Å². The van der Waals surface area contributed by atoms with Gasteiger partial charge in [0.2, 0.25) is 0 Å². The first-order valence-corrected chi connectivity index (χ1v) is 6.37. The van der Waals surface area contributed by atoms with Crippen molar-refractivity contribution in [3.05, 3.63) is 24.3 Å². The molecule has 0 spiro atoms. The lowest BCUT2D eigenvalue weighted by Gasteiger charge is -2.14. The summed E-state index contributed by atoms with van der Waals surface area (Å²) in [7, 11) is 0. The van der Waals surface area contributed by atoms with Crippen LogP contribution in [0.4, 0.5) is 0 Å². The Morgan fingerprint density at radius 1 is 1.00 bits per heavy atom. The van der Waals surface area contributed by atoms with E-state index < -0.39 is 0 Å². The fourth-order valence-corrected chi connectivity index (χ4v) is 2.03. The second-order valence-electron chi connectivity index (χ2n) is 4.47. The maximum atomic E-state index is 9.85. The molecule has 0 bridgehead atoms. The molecular weight excluding hydrogens is 184 g/mol. The maximum Gasteiger partial charge on any atom is 0.0637 e. The summed E-state index contributed by atoms with van der Waals surface area (Å²) in [5.74, 6) is 0.278. The molecule has 1 aliphatic carbocycles. The van der Waals surface area contributed by atoms with Gasteiger partial charge in [-0.1, -0.05) is 69.8 Å². The standard InChI is InChI=1S/C14H24O/c1-2-3-4-5-6-7-12-14(15)13-10-8-9-11-13/h8-11,13-15H,2-7,12H2,1H3. The number of allylic oxidation sites excluding steroid dienone is 2. The van der Waals surface area contributed by atoms with Crippen LogP contribution in [0.15, 0.2) is 24.3 Å². The van der Waals surface area contributed by atoms with Crippen LogP contribution in [-0.2, 0) is 0 Å². The van der Waals surface area contributed by atoms with E-state index in [1.165, 1.54) is 38.5 Å². The number of hydrogen-bond acceptors (Lipinski definition) is 1. The Morgan fingerprint density at radius 2 is 1.60 bits per heavy atom. The highest BCUT2D eigenvalue weighted by Gasteiger charge is 2.14. The summed E-state index contributed by atoms with van der Waals surface area (Å²) in [4.78, 5) is 0. The van der Waals surface area contributed by atoms with E-state index in [4.69, 9.17) is 0 Å². The Balaban J connectivity index is 1.95. The van der Waals surface area contributed by atoms with E-state index in [2.05, 4.69) is 19.1 Å². The van der Waals surface area contributed by atoms with Crippen LogP contribution < -0.4 is 0 Å². The normalized spacial score (nSPS) is 17.5. The fourth-order valence-electron chi connectivity index (χ4n) is 2.03. The largest absolute Gasteiger partial charge is 0.392 e. The average molecular weight is 208 g/mol. The lowest BCUT2D eigenvalue weighted by Crippen LogP contribution is -2.15. The first-order valence-electron chi connectivity index (χ1n) is 6.37. The molecule has 0 aromatic rings. The van der Waals surface area contributed by atoms with Crippen LogP contribution >= 0.6 is 0 Å². The average Bonchev–Trinajstić information content (AvgIpc) is 2.76. The van der Waals surface area contributed by atoms with Crippen molar-refractivity contribution in [3.63, 3.8) is 0 Å². The first-order chi connectivity index (χ1) is 7.34. The highest BCUT2D eigenvalue weighted by molar-refractivity contribution is 5.18. The van der Waals surface area contributed by atoms with Crippen LogP contribution in [0.2, 0.25) is 0 Å². The van der Waals surface area contributed by atoms with Gasteiger partial charge in [0.05, 0.1) is 6.10 Å². The first kappa shape index (κ1) is 12.5. The number of aliphatic hydroxyl groups excluding tert-OH is 1. The van der Waals surface area contributed by atoms with Gasteiger partial charge in [0.1, 0.15) is 0 Å². The van der Waals surface area contributed by atoms with Gasteiger partial charge in [-0.15, -0.1) is 0 Å². The topological polar surface area (TPSA) is 20.2 Å². The third-order valence-corrected chi connectivity index (χ3v) is 3.08. The van der Waals surface area contributed by atoms with Gasteiger partial charge in [-0.05, 0) is 6.42 Å². The van der Waals surface area contributed by atoms with Crippen molar-refractivity contribution in [2.75, 3.05) is 0 Å². The molecule has 1 nitrogen and oxygen atoms in total. The van der Waals surface area contributed by atoms with Gasteiger partial charge >= 0.3 is 0 Å². The Labute approximate surface area is 93.9 Å². The molecule has 0 aliphatic heterocycles. The Kier molecular flexibility index (Phi) is 6.42. The van der Waals surface area contributed by atoms with E-state index >= 15 is 0 Å². The second-order valence-corrected chi connectivity index (χ2v) is 4.47. The van der Waals surface area contributed by atoms with Gasteiger partial charge in [-0.3, -0.25) is 0 Å². The van der Waals surface area contributed by atoms with E-state index in [1.54, 1.807) is 0 Å². The number of hydrogen-bond donors (Lipinski definition) is 1. The SMILES string of the molecule is CCCCCCCCC(O)C1C=CC=C1. The molecule has 0 aromatic carbocycles. The van der Waals surface area contributed by atoms with Crippen LogP contribution in [0, 0.1) is 5.92 Å². The van der Waals surface area contributed by atoms with Crippen LogP contribution in [0.5, 0.6) is 0 Å². The van der Waals surface area contributed by atoms with E-state index in [1.807, 2.05) is 12.2 Å². The molecular formula is C14H24O. The molecule has 86 valence electrons. The molecule has 15 heavy (non-hydrogen) atoms. The van der Waals surface area contributed by atoms with Crippen molar-refractivity contribution < 1.29 is 5.11 Å². The van der Waals surface area contributed by atoms with Gasteiger partial charge < -0.3 is 5.11 Å². The summed E-state index contributed by atoms with van der Waals surface area (Å²) < 4.78 is 0. The lowest BCUT2D eigenvalue weighted by atomic mass is 9.98. The molecule has 0 heterocycles. The minimum absolute atomic E-state index is 0.161. The van der Waals surface area contributed by atoms with E-state index in [9.17, 15) is 5.11 Å². The van der Waals surface area contributed by atoms with Crippen LogP contribution in [0.3, 0.4) is 0 Å². The second kappa shape index (κ2) is 7.70. The number of rotatable bonds is 8. The minimum Gasteiger partial charge on any atom is -0.392 e. The summed E-state index contributed by atoms with van der Waals surface area (Å²) >= 11 is 0. The molecule has 1 unspecified atom stereocenters. The molecule has 1 rings (SSSR count). The van der Waals surface area contributed by atoms with Gasteiger partial charge in [0.15, 0.2) is 0 Å². The van der Waals surface area contributed by atoms with E-state index in [0.717, 1.165) is 6.42 Å². The summed E-state index contributed by atoms with van der Waals surface area (Å²) in [5, 5.41) is 9.85. The smallest absolute Gasteiger partial charge is 0.0637 e. The lowest BCUT2D eigenvalue weighted by molar-refractivity contribution is 0.136. The Hall–Kier alpha value is -0.560. The van der Waals surface area contributed by atoms with E-state index in [-0.39, 0.29) is 12.0 Å². The molecule has 1 aliphatic rings. The summed E-state index contributed by atoms with van der Waals surface area (Å²) in [6.45, 7) is 2.24. The molecule has 0 saturated carbocycles. The minimum atomic E-state index is -0.161. The molecule has 1 heteroatoms. The van der Waals surface area contributed by atoms with Gasteiger partial charge in [-0.2, -0.15) is 0 Å². The molecule has 0 radical (unpaired) electrons. The molecule has 0 saturated heterocycles.